The van der Waals surface area contributed by atoms with Gasteiger partial charge in [-0.3, -0.25) is 9.52 Å². The third-order valence-corrected chi connectivity index (χ3v) is 5.36. The Bertz CT molecular complexity index is 1110. The maximum atomic E-state index is 12.6. The monoisotopic (exact) mass is 408 g/mol. The van der Waals surface area contributed by atoms with Gasteiger partial charge in [-0.1, -0.05) is 36.4 Å². The summed E-state index contributed by atoms with van der Waals surface area (Å²) in [6.45, 7) is 0. The van der Waals surface area contributed by atoms with E-state index in [1.807, 2.05) is 30.3 Å². The Morgan fingerprint density at radius 1 is 0.897 bits per heavy atom. The Morgan fingerprint density at radius 2 is 1.62 bits per heavy atom. The largest absolute Gasteiger partial charge is 0.497 e. The summed E-state index contributed by atoms with van der Waals surface area (Å²) >= 11 is 0. The molecule has 0 aliphatic carbocycles. The summed E-state index contributed by atoms with van der Waals surface area (Å²) in [6, 6.07) is 22.0. The Balaban J connectivity index is 1.70. The second-order valence-electron chi connectivity index (χ2n) is 6.10. The number of hydrogen-bond acceptors (Lipinski definition) is 4. The van der Waals surface area contributed by atoms with Crippen LogP contribution in [0.2, 0.25) is 0 Å². The van der Waals surface area contributed by atoms with Crippen LogP contribution in [0.1, 0.15) is 5.56 Å². The number of amides is 1. The van der Waals surface area contributed by atoms with Crippen molar-refractivity contribution in [1.82, 2.24) is 0 Å². The van der Waals surface area contributed by atoms with Gasteiger partial charge in [0.25, 0.3) is 10.0 Å². The molecule has 0 atom stereocenters. The van der Waals surface area contributed by atoms with E-state index in [2.05, 4.69) is 10.0 Å². The average molecular weight is 408 g/mol. The number of ether oxygens (including phenoxy) is 1. The van der Waals surface area contributed by atoms with E-state index < -0.39 is 10.0 Å². The van der Waals surface area contributed by atoms with Crippen molar-refractivity contribution in [2.24, 2.45) is 0 Å². The van der Waals surface area contributed by atoms with Crippen molar-refractivity contribution in [1.29, 1.82) is 0 Å². The van der Waals surface area contributed by atoms with Crippen LogP contribution >= 0.6 is 0 Å². The Hall–Kier alpha value is -3.58. The molecule has 0 aliphatic rings. The predicted octanol–water partition coefficient (Wildman–Crippen LogP) is 4.15. The van der Waals surface area contributed by atoms with Crippen molar-refractivity contribution < 1.29 is 17.9 Å². The van der Waals surface area contributed by atoms with Gasteiger partial charge in [-0.15, -0.1) is 0 Å². The minimum absolute atomic E-state index is 0.0400. The summed E-state index contributed by atoms with van der Waals surface area (Å²) in [7, 11) is -2.27. The molecule has 0 fully saturated rings. The van der Waals surface area contributed by atoms with E-state index in [1.165, 1.54) is 25.3 Å². The van der Waals surface area contributed by atoms with Crippen LogP contribution in [0, 0.1) is 0 Å². The molecule has 3 rings (SSSR count). The van der Waals surface area contributed by atoms with Gasteiger partial charge < -0.3 is 10.1 Å². The van der Waals surface area contributed by atoms with Crippen molar-refractivity contribution >= 4 is 33.4 Å². The molecular weight excluding hydrogens is 388 g/mol. The molecule has 0 saturated carbocycles. The van der Waals surface area contributed by atoms with E-state index in [0.717, 1.165) is 5.56 Å². The number of sulfonamides is 1. The lowest BCUT2D eigenvalue weighted by Gasteiger charge is -2.10. The zero-order chi connectivity index (χ0) is 20.7. The zero-order valence-electron chi connectivity index (χ0n) is 15.7. The highest BCUT2D eigenvalue weighted by molar-refractivity contribution is 7.92. The van der Waals surface area contributed by atoms with Gasteiger partial charge in [-0.2, -0.15) is 0 Å². The summed E-state index contributed by atoms with van der Waals surface area (Å²) in [5.74, 6) is 0.271. The number of carbonyl (C=O) groups excluding carboxylic acids is 1. The Morgan fingerprint density at radius 3 is 2.31 bits per heavy atom. The molecule has 2 N–H and O–H groups in total. The van der Waals surface area contributed by atoms with Crippen molar-refractivity contribution in [2.45, 2.75) is 4.90 Å². The van der Waals surface area contributed by atoms with Gasteiger partial charge in [-0.25, -0.2) is 8.42 Å². The highest BCUT2D eigenvalue weighted by Crippen LogP contribution is 2.21. The maximum absolute atomic E-state index is 12.6. The molecular formula is C22H20N2O4S. The van der Waals surface area contributed by atoms with Crippen LogP contribution in [0.4, 0.5) is 11.4 Å². The van der Waals surface area contributed by atoms with E-state index in [-0.39, 0.29) is 10.8 Å². The lowest BCUT2D eigenvalue weighted by Crippen LogP contribution is -2.14. The van der Waals surface area contributed by atoms with Gasteiger partial charge in [0.05, 0.1) is 12.0 Å². The normalized spacial score (nSPS) is 11.2. The fraction of sp³-hybridized carbons (Fsp3) is 0.0455. The molecule has 0 aliphatic heterocycles. The highest BCUT2D eigenvalue weighted by Gasteiger charge is 2.15. The molecule has 3 aromatic rings. The number of nitrogens with one attached hydrogen (secondary N) is 2. The molecule has 0 spiro atoms. The first kappa shape index (κ1) is 20.2. The predicted molar refractivity (Wildman–Crippen MR) is 114 cm³/mol. The number of hydrogen-bond donors (Lipinski definition) is 2. The van der Waals surface area contributed by atoms with Crippen LogP contribution in [0.25, 0.3) is 6.08 Å². The van der Waals surface area contributed by atoms with Crippen LogP contribution in [0.15, 0.2) is 89.8 Å². The summed E-state index contributed by atoms with van der Waals surface area (Å²) in [4.78, 5) is 12.2. The van der Waals surface area contributed by atoms with E-state index in [0.29, 0.717) is 17.1 Å². The number of anilines is 2. The molecule has 0 unspecified atom stereocenters. The molecule has 0 saturated heterocycles. The van der Waals surface area contributed by atoms with Gasteiger partial charge in [0.2, 0.25) is 5.91 Å². The molecule has 0 radical (unpaired) electrons. The topological polar surface area (TPSA) is 84.5 Å². The smallest absolute Gasteiger partial charge is 0.261 e. The molecule has 1 amide bonds. The first-order valence-corrected chi connectivity index (χ1v) is 10.3. The second kappa shape index (κ2) is 9.07. The van der Waals surface area contributed by atoms with Gasteiger partial charge in [0.15, 0.2) is 0 Å². The van der Waals surface area contributed by atoms with Crippen molar-refractivity contribution in [3.63, 3.8) is 0 Å². The number of carbonyl (C=O) groups is 1. The zero-order valence-corrected chi connectivity index (χ0v) is 16.5. The molecule has 0 heterocycles. The molecule has 0 aromatic heterocycles. The van der Waals surface area contributed by atoms with Crippen LogP contribution in [-0.2, 0) is 14.8 Å². The molecule has 29 heavy (non-hydrogen) atoms. The highest BCUT2D eigenvalue weighted by atomic mass is 32.2. The third kappa shape index (κ3) is 5.70. The SMILES string of the molecule is COc1ccc(NS(=O)(=O)c2cccc(NC(=O)C=Cc3ccccc3)c2)cc1. The van der Waals surface area contributed by atoms with Crippen molar-refractivity contribution in [3.05, 3.63) is 90.5 Å². The fourth-order valence-corrected chi connectivity index (χ4v) is 3.64. The Kier molecular flexibility index (Phi) is 6.31. The Labute approximate surface area is 169 Å². The van der Waals surface area contributed by atoms with E-state index in [9.17, 15) is 13.2 Å². The standard InChI is InChI=1S/C22H20N2O4S/c1-28-20-13-11-18(12-14-20)24-29(26,27)21-9-5-8-19(16-21)23-22(25)15-10-17-6-3-2-4-7-17/h2-16,24H,1H3,(H,23,25). The first-order chi connectivity index (χ1) is 14.0. The molecule has 0 bridgehead atoms. The van der Waals surface area contributed by atoms with E-state index >= 15 is 0 Å². The summed E-state index contributed by atoms with van der Waals surface area (Å²) < 4.78 is 32.8. The summed E-state index contributed by atoms with van der Waals surface area (Å²) in [5.41, 5.74) is 1.68. The number of rotatable bonds is 7. The van der Waals surface area contributed by atoms with Crippen molar-refractivity contribution in [2.75, 3.05) is 17.1 Å². The van der Waals surface area contributed by atoms with Crippen LogP contribution < -0.4 is 14.8 Å². The van der Waals surface area contributed by atoms with Gasteiger partial charge in [0.1, 0.15) is 5.75 Å². The minimum Gasteiger partial charge on any atom is -0.497 e. The summed E-state index contributed by atoms with van der Waals surface area (Å²) in [5, 5.41) is 2.67. The van der Waals surface area contributed by atoms with E-state index in [1.54, 1.807) is 42.5 Å². The van der Waals surface area contributed by atoms with Crippen LogP contribution in [-0.4, -0.2) is 21.4 Å². The van der Waals surface area contributed by atoms with E-state index in [4.69, 9.17) is 4.74 Å². The molecule has 148 valence electrons. The lowest BCUT2D eigenvalue weighted by atomic mass is 10.2. The van der Waals surface area contributed by atoms with Crippen LogP contribution in [0.5, 0.6) is 5.75 Å². The van der Waals surface area contributed by atoms with Gasteiger partial charge >= 0.3 is 0 Å². The quantitative estimate of drug-likeness (QED) is 0.575. The summed E-state index contributed by atoms with van der Waals surface area (Å²) in [6.07, 6.45) is 3.08. The minimum atomic E-state index is -3.81. The average Bonchev–Trinajstić information content (AvgIpc) is 2.73. The number of methoxy groups -OCH3 is 1. The fourth-order valence-electron chi connectivity index (χ4n) is 2.53. The maximum Gasteiger partial charge on any atom is 0.261 e. The molecule has 3 aromatic carbocycles. The number of benzene rings is 3. The third-order valence-electron chi connectivity index (χ3n) is 3.98. The first-order valence-electron chi connectivity index (χ1n) is 8.77. The second-order valence-corrected chi connectivity index (χ2v) is 7.78. The molecule has 6 nitrogen and oxygen atoms in total. The van der Waals surface area contributed by atoms with Gasteiger partial charge in [-0.05, 0) is 54.1 Å². The van der Waals surface area contributed by atoms with Crippen molar-refractivity contribution in [3.8, 4) is 5.75 Å². The van der Waals surface area contributed by atoms with Crippen LogP contribution in [0.3, 0.4) is 0 Å². The lowest BCUT2D eigenvalue weighted by molar-refractivity contribution is -0.111. The molecule has 7 heteroatoms. The van der Waals surface area contributed by atoms with Gasteiger partial charge in [0, 0.05) is 17.5 Å².